The highest BCUT2D eigenvalue weighted by atomic mass is 32.2. The summed E-state index contributed by atoms with van der Waals surface area (Å²) in [6.07, 6.45) is 2.92. The van der Waals surface area contributed by atoms with E-state index in [2.05, 4.69) is 0 Å². The zero-order valence-corrected chi connectivity index (χ0v) is 12.9. The van der Waals surface area contributed by atoms with Crippen molar-refractivity contribution in [2.75, 3.05) is 13.1 Å². The SMILES string of the molecule is CC(C)N(CC(N)=S)S(=O)(=O)N1CCCCC1C. The van der Waals surface area contributed by atoms with E-state index in [1.54, 1.807) is 4.31 Å². The monoisotopic (exact) mass is 293 g/mol. The van der Waals surface area contributed by atoms with Crippen molar-refractivity contribution in [3.8, 4) is 0 Å². The molecule has 0 radical (unpaired) electrons. The Morgan fingerprint density at radius 3 is 2.56 bits per heavy atom. The van der Waals surface area contributed by atoms with Crippen LogP contribution in [0.15, 0.2) is 0 Å². The zero-order valence-electron chi connectivity index (χ0n) is 11.3. The lowest BCUT2D eigenvalue weighted by Gasteiger charge is -2.37. The first-order valence-electron chi connectivity index (χ1n) is 6.33. The van der Waals surface area contributed by atoms with Crippen molar-refractivity contribution in [2.45, 2.75) is 52.1 Å². The molecule has 0 aromatic heterocycles. The number of hydrogen-bond donors (Lipinski definition) is 1. The summed E-state index contributed by atoms with van der Waals surface area (Å²) in [5.74, 6) is 0. The summed E-state index contributed by atoms with van der Waals surface area (Å²) in [5.41, 5.74) is 5.50. The van der Waals surface area contributed by atoms with Crippen LogP contribution >= 0.6 is 12.2 Å². The molecule has 1 unspecified atom stereocenters. The first kappa shape index (κ1) is 15.8. The van der Waals surface area contributed by atoms with E-state index in [9.17, 15) is 8.42 Å². The van der Waals surface area contributed by atoms with E-state index >= 15 is 0 Å². The molecule has 0 amide bonds. The summed E-state index contributed by atoms with van der Waals surface area (Å²) >= 11 is 4.84. The maximum Gasteiger partial charge on any atom is 0.282 e. The second kappa shape index (κ2) is 6.27. The smallest absolute Gasteiger partial charge is 0.282 e. The molecule has 0 aliphatic carbocycles. The van der Waals surface area contributed by atoms with Gasteiger partial charge < -0.3 is 5.73 Å². The standard InChI is InChI=1S/C11H23N3O2S2/c1-9(2)14(8-11(12)17)18(15,16)13-7-5-4-6-10(13)3/h9-10H,4-8H2,1-3H3,(H2,12,17). The van der Waals surface area contributed by atoms with Crippen molar-refractivity contribution >= 4 is 27.4 Å². The third-order valence-electron chi connectivity index (χ3n) is 3.22. The van der Waals surface area contributed by atoms with Crippen molar-refractivity contribution in [1.29, 1.82) is 0 Å². The van der Waals surface area contributed by atoms with Gasteiger partial charge in [-0.1, -0.05) is 18.6 Å². The lowest BCUT2D eigenvalue weighted by Crippen LogP contribution is -2.53. The van der Waals surface area contributed by atoms with Crippen LogP contribution in [0.4, 0.5) is 0 Å². The second-order valence-electron chi connectivity index (χ2n) is 5.07. The van der Waals surface area contributed by atoms with Gasteiger partial charge in [-0.2, -0.15) is 17.0 Å². The van der Waals surface area contributed by atoms with Crippen molar-refractivity contribution in [2.24, 2.45) is 5.73 Å². The molecule has 5 nitrogen and oxygen atoms in total. The number of rotatable bonds is 5. The Bertz CT molecular complexity index is 395. The summed E-state index contributed by atoms with van der Waals surface area (Å²) in [7, 11) is -3.47. The maximum atomic E-state index is 12.6. The molecule has 18 heavy (non-hydrogen) atoms. The quantitative estimate of drug-likeness (QED) is 0.771. The fourth-order valence-corrected chi connectivity index (χ4v) is 4.48. The van der Waals surface area contributed by atoms with Crippen LogP contribution in [0.25, 0.3) is 0 Å². The Kier molecular flexibility index (Phi) is 5.51. The van der Waals surface area contributed by atoms with Gasteiger partial charge in [-0.25, -0.2) is 0 Å². The van der Waals surface area contributed by atoms with E-state index in [1.165, 1.54) is 4.31 Å². The van der Waals surface area contributed by atoms with Gasteiger partial charge in [0, 0.05) is 18.6 Å². The molecule has 1 fully saturated rings. The van der Waals surface area contributed by atoms with Gasteiger partial charge in [0.2, 0.25) is 0 Å². The molecule has 7 heteroatoms. The predicted octanol–water partition coefficient (Wildman–Crippen LogP) is 1.10. The van der Waals surface area contributed by atoms with Crippen LogP contribution in [0.5, 0.6) is 0 Å². The molecule has 1 aliphatic heterocycles. The Labute approximate surface area is 115 Å². The first-order valence-corrected chi connectivity index (χ1v) is 8.14. The van der Waals surface area contributed by atoms with Crippen LogP contribution in [0.2, 0.25) is 0 Å². The molecule has 1 atom stereocenters. The minimum atomic E-state index is -3.47. The van der Waals surface area contributed by atoms with Crippen LogP contribution in [-0.2, 0) is 10.2 Å². The lowest BCUT2D eigenvalue weighted by atomic mass is 10.1. The molecule has 1 rings (SSSR count). The van der Waals surface area contributed by atoms with Crippen LogP contribution in [0.3, 0.4) is 0 Å². The molecule has 0 aromatic rings. The molecule has 0 aromatic carbocycles. The van der Waals surface area contributed by atoms with E-state index in [4.69, 9.17) is 18.0 Å². The average Bonchev–Trinajstić information content (AvgIpc) is 2.25. The van der Waals surface area contributed by atoms with Gasteiger partial charge in [-0.15, -0.1) is 0 Å². The van der Waals surface area contributed by atoms with Gasteiger partial charge >= 0.3 is 0 Å². The normalized spacial score (nSPS) is 22.6. The van der Waals surface area contributed by atoms with Crippen molar-refractivity contribution < 1.29 is 8.42 Å². The van der Waals surface area contributed by atoms with Gasteiger partial charge in [0.15, 0.2) is 0 Å². The summed E-state index contributed by atoms with van der Waals surface area (Å²) in [5, 5.41) is 0. The molecule has 1 aliphatic rings. The minimum Gasteiger partial charge on any atom is -0.392 e. The van der Waals surface area contributed by atoms with Gasteiger partial charge in [0.25, 0.3) is 10.2 Å². The van der Waals surface area contributed by atoms with Crippen molar-refractivity contribution in [3.05, 3.63) is 0 Å². The average molecular weight is 293 g/mol. The third-order valence-corrected chi connectivity index (χ3v) is 5.63. The van der Waals surface area contributed by atoms with Crippen LogP contribution in [0, 0.1) is 0 Å². The van der Waals surface area contributed by atoms with E-state index in [0.717, 1.165) is 19.3 Å². The Balaban J connectivity index is 2.96. The molecular weight excluding hydrogens is 270 g/mol. The van der Waals surface area contributed by atoms with Crippen molar-refractivity contribution in [1.82, 2.24) is 8.61 Å². The van der Waals surface area contributed by atoms with Gasteiger partial charge in [-0.05, 0) is 33.6 Å². The summed E-state index contributed by atoms with van der Waals surface area (Å²) in [4.78, 5) is 0.205. The van der Waals surface area contributed by atoms with E-state index in [-0.39, 0.29) is 23.6 Å². The highest BCUT2D eigenvalue weighted by Crippen LogP contribution is 2.23. The Morgan fingerprint density at radius 1 is 1.50 bits per heavy atom. The summed E-state index contributed by atoms with van der Waals surface area (Å²) in [6, 6.07) is -0.0954. The Morgan fingerprint density at radius 2 is 2.11 bits per heavy atom. The largest absolute Gasteiger partial charge is 0.392 e. The molecule has 1 heterocycles. The summed E-state index contributed by atoms with van der Waals surface area (Å²) in [6.45, 7) is 6.33. The summed E-state index contributed by atoms with van der Waals surface area (Å²) < 4.78 is 28.2. The first-order chi connectivity index (χ1) is 8.26. The molecule has 0 saturated carbocycles. The van der Waals surface area contributed by atoms with Gasteiger partial charge in [0.1, 0.15) is 0 Å². The minimum absolute atomic E-state index is 0.0522. The molecule has 0 bridgehead atoms. The highest BCUT2D eigenvalue weighted by Gasteiger charge is 2.35. The van der Waals surface area contributed by atoms with Crippen LogP contribution < -0.4 is 5.73 Å². The molecule has 2 N–H and O–H groups in total. The van der Waals surface area contributed by atoms with E-state index < -0.39 is 10.2 Å². The predicted molar refractivity (Wildman–Crippen MR) is 77.6 cm³/mol. The fraction of sp³-hybridized carbons (Fsp3) is 0.909. The number of thiocarbonyl (C=S) groups is 1. The third kappa shape index (κ3) is 3.63. The molecule has 0 spiro atoms. The number of hydrogen-bond acceptors (Lipinski definition) is 3. The molecule has 106 valence electrons. The second-order valence-corrected chi connectivity index (χ2v) is 7.43. The lowest BCUT2D eigenvalue weighted by molar-refractivity contribution is 0.240. The number of nitrogens with zero attached hydrogens (tertiary/aromatic N) is 2. The number of nitrogens with two attached hydrogens (primary N) is 1. The maximum absolute atomic E-state index is 12.6. The van der Waals surface area contributed by atoms with E-state index in [1.807, 2.05) is 20.8 Å². The van der Waals surface area contributed by atoms with Crippen LogP contribution in [-0.4, -0.2) is 47.2 Å². The van der Waals surface area contributed by atoms with E-state index in [0.29, 0.717) is 6.54 Å². The highest BCUT2D eigenvalue weighted by molar-refractivity contribution is 7.87. The Hall–Kier alpha value is -0.240. The zero-order chi connectivity index (χ0) is 13.9. The van der Waals surface area contributed by atoms with Gasteiger partial charge in [-0.3, -0.25) is 0 Å². The molecular formula is C11H23N3O2S2. The van der Waals surface area contributed by atoms with Gasteiger partial charge in [0.05, 0.1) is 11.5 Å². The fourth-order valence-electron chi connectivity index (χ4n) is 2.23. The topological polar surface area (TPSA) is 66.6 Å². The molecule has 1 saturated heterocycles. The van der Waals surface area contributed by atoms with Crippen molar-refractivity contribution in [3.63, 3.8) is 0 Å². The van der Waals surface area contributed by atoms with Crippen LogP contribution in [0.1, 0.15) is 40.0 Å². The number of piperidine rings is 1.